The Bertz CT molecular complexity index is 1540. The van der Waals surface area contributed by atoms with Gasteiger partial charge in [-0.25, -0.2) is 8.42 Å². The highest BCUT2D eigenvalue weighted by atomic mass is 32.2. The van der Waals surface area contributed by atoms with Gasteiger partial charge in [0.15, 0.2) is 4.90 Å². The Labute approximate surface area is 206 Å². The highest BCUT2D eigenvalue weighted by molar-refractivity contribution is 7.91. The average molecular weight is 509 g/mol. The summed E-state index contributed by atoms with van der Waals surface area (Å²) < 4.78 is 27.5. The Kier molecular flexibility index (Phi) is 6.08. The van der Waals surface area contributed by atoms with Crippen molar-refractivity contribution in [2.24, 2.45) is 0 Å². The summed E-state index contributed by atoms with van der Waals surface area (Å²) in [7, 11) is -2.37. The number of carbonyl (C=O) groups excluding carboxylic acids is 1. The Balaban J connectivity index is 1.58. The smallest absolute Gasteiger partial charge is 0.269 e. The molecule has 1 saturated heterocycles. The molecule has 1 amide bonds. The first-order valence-electron chi connectivity index (χ1n) is 11.2. The van der Waals surface area contributed by atoms with Crippen molar-refractivity contribution in [1.82, 2.24) is 9.88 Å². The van der Waals surface area contributed by atoms with E-state index in [1.165, 1.54) is 23.5 Å². The van der Waals surface area contributed by atoms with E-state index in [0.717, 1.165) is 5.69 Å². The fourth-order valence-electron chi connectivity index (χ4n) is 4.38. The van der Waals surface area contributed by atoms with Gasteiger partial charge >= 0.3 is 0 Å². The fourth-order valence-corrected chi connectivity index (χ4v) is 6.59. The fraction of sp³-hybridized carbons (Fsp3) is 0.200. The zero-order chi connectivity index (χ0) is 24.6. The molecule has 5 rings (SSSR count). The zero-order valence-corrected chi connectivity index (χ0v) is 20.7. The number of thiophene rings is 1. The molecule has 0 atom stereocenters. The molecule has 3 heterocycles. The standard InChI is InChI=1S/C25H24N4O4S2/c1-26-17-8-10-18(11-9-17)35(32,33)23-22(19-5-2-3-6-20(19)27-24(23)30)28-12-14-29(15-13-28)25(31)21-7-4-16-34-21/h2-11,16,26H,12-15H2,1H3,(H,27,30). The Hall–Kier alpha value is -3.63. The second-order valence-corrected chi connectivity index (χ2v) is 11.0. The number of anilines is 2. The van der Waals surface area contributed by atoms with E-state index in [4.69, 9.17) is 0 Å². The second-order valence-electron chi connectivity index (χ2n) is 8.21. The summed E-state index contributed by atoms with van der Waals surface area (Å²) in [6, 6.07) is 17.2. The summed E-state index contributed by atoms with van der Waals surface area (Å²) >= 11 is 1.40. The van der Waals surface area contributed by atoms with Crippen molar-refractivity contribution in [1.29, 1.82) is 0 Å². The van der Waals surface area contributed by atoms with Gasteiger partial charge in [0.2, 0.25) is 9.84 Å². The number of carbonyl (C=O) groups is 1. The number of amides is 1. The van der Waals surface area contributed by atoms with Crippen molar-refractivity contribution in [3.05, 3.63) is 81.3 Å². The first kappa shape index (κ1) is 23.1. The topological polar surface area (TPSA) is 103 Å². The SMILES string of the molecule is CNc1ccc(S(=O)(=O)c2c(N3CCN(C(=O)c4cccs4)CC3)c3ccccc3[nH]c2=O)cc1. The molecule has 2 aromatic carbocycles. The normalized spacial score (nSPS) is 14.3. The van der Waals surface area contributed by atoms with Crippen molar-refractivity contribution in [2.45, 2.75) is 9.79 Å². The van der Waals surface area contributed by atoms with Crippen LogP contribution in [0, 0.1) is 0 Å². The quantitative estimate of drug-likeness (QED) is 0.428. The first-order chi connectivity index (χ1) is 16.9. The number of nitrogens with zero attached hydrogens (tertiary/aromatic N) is 2. The van der Waals surface area contributed by atoms with E-state index in [0.29, 0.717) is 47.6 Å². The number of benzene rings is 2. The molecule has 0 saturated carbocycles. The molecule has 4 aromatic rings. The summed E-state index contributed by atoms with van der Waals surface area (Å²) in [5.41, 5.74) is 1.05. The minimum absolute atomic E-state index is 0.0344. The van der Waals surface area contributed by atoms with Gasteiger partial charge < -0.3 is 20.1 Å². The summed E-state index contributed by atoms with van der Waals surface area (Å²) in [6.45, 7) is 1.67. The van der Waals surface area contributed by atoms with Gasteiger partial charge in [-0.05, 0) is 41.8 Å². The van der Waals surface area contributed by atoms with Crippen molar-refractivity contribution in [3.8, 4) is 0 Å². The Morgan fingerprint density at radius 2 is 1.69 bits per heavy atom. The van der Waals surface area contributed by atoms with Crippen molar-refractivity contribution < 1.29 is 13.2 Å². The molecule has 2 N–H and O–H groups in total. The van der Waals surface area contributed by atoms with Gasteiger partial charge in [0.05, 0.1) is 21.0 Å². The van der Waals surface area contributed by atoms with E-state index in [-0.39, 0.29) is 15.7 Å². The lowest BCUT2D eigenvalue weighted by Crippen LogP contribution is -2.49. The molecule has 0 spiro atoms. The van der Waals surface area contributed by atoms with Crippen LogP contribution in [0.2, 0.25) is 0 Å². The lowest BCUT2D eigenvalue weighted by molar-refractivity contribution is 0.0751. The third-order valence-corrected chi connectivity index (χ3v) is 8.86. The van der Waals surface area contributed by atoms with Gasteiger partial charge in [0.25, 0.3) is 11.5 Å². The van der Waals surface area contributed by atoms with E-state index >= 15 is 0 Å². The molecular formula is C25H24N4O4S2. The Morgan fingerprint density at radius 1 is 0.971 bits per heavy atom. The average Bonchev–Trinajstić information content (AvgIpc) is 3.42. The number of H-pyrrole nitrogens is 1. The van der Waals surface area contributed by atoms with Gasteiger partial charge in [0, 0.05) is 44.3 Å². The van der Waals surface area contributed by atoms with Gasteiger partial charge in [-0.2, -0.15) is 0 Å². The maximum absolute atomic E-state index is 13.8. The van der Waals surface area contributed by atoms with Crippen LogP contribution in [0.15, 0.2) is 80.6 Å². The van der Waals surface area contributed by atoms with Gasteiger partial charge in [-0.15, -0.1) is 11.3 Å². The Morgan fingerprint density at radius 3 is 2.34 bits per heavy atom. The van der Waals surface area contributed by atoms with Crippen LogP contribution in [-0.4, -0.2) is 57.4 Å². The minimum atomic E-state index is -4.12. The van der Waals surface area contributed by atoms with Crippen molar-refractivity contribution in [2.75, 3.05) is 43.4 Å². The molecule has 1 fully saturated rings. The predicted octanol–water partition coefficient (Wildman–Crippen LogP) is 3.43. The van der Waals surface area contributed by atoms with Crippen molar-refractivity contribution in [3.63, 3.8) is 0 Å². The summed E-state index contributed by atoms with van der Waals surface area (Å²) in [5.74, 6) is -0.0344. The number of hydrogen-bond donors (Lipinski definition) is 2. The highest BCUT2D eigenvalue weighted by Gasteiger charge is 2.32. The van der Waals surface area contributed by atoms with Crippen LogP contribution in [-0.2, 0) is 9.84 Å². The number of fused-ring (bicyclic) bond motifs is 1. The number of piperazine rings is 1. The molecule has 0 bridgehead atoms. The van der Waals surface area contributed by atoms with Gasteiger partial charge in [-0.1, -0.05) is 24.3 Å². The van der Waals surface area contributed by atoms with Crippen LogP contribution in [0.25, 0.3) is 10.9 Å². The summed E-state index contributed by atoms with van der Waals surface area (Å²) in [5, 5.41) is 5.48. The van der Waals surface area contributed by atoms with Crippen LogP contribution in [0.5, 0.6) is 0 Å². The minimum Gasteiger partial charge on any atom is -0.388 e. The first-order valence-corrected chi connectivity index (χ1v) is 13.5. The number of hydrogen-bond acceptors (Lipinski definition) is 7. The highest BCUT2D eigenvalue weighted by Crippen LogP contribution is 2.34. The molecule has 1 aliphatic heterocycles. The van der Waals surface area contributed by atoms with Crippen LogP contribution >= 0.6 is 11.3 Å². The molecule has 0 unspecified atom stereocenters. The maximum atomic E-state index is 13.8. The van der Waals surface area contributed by atoms with E-state index in [2.05, 4.69) is 10.3 Å². The van der Waals surface area contributed by atoms with E-state index < -0.39 is 15.4 Å². The van der Waals surface area contributed by atoms with Crippen molar-refractivity contribution >= 4 is 49.4 Å². The third kappa shape index (κ3) is 4.19. The van der Waals surface area contributed by atoms with Crippen LogP contribution in [0.3, 0.4) is 0 Å². The molecule has 10 heteroatoms. The lowest BCUT2D eigenvalue weighted by atomic mass is 10.1. The number of nitrogens with one attached hydrogen (secondary N) is 2. The summed E-state index contributed by atoms with van der Waals surface area (Å²) in [6.07, 6.45) is 0. The monoisotopic (exact) mass is 508 g/mol. The number of aromatic nitrogens is 1. The third-order valence-electron chi connectivity index (χ3n) is 6.19. The number of aromatic amines is 1. The number of sulfone groups is 1. The lowest BCUT2D eigenvalue weighted by Gasteiger charge is -2.37. The molecular weight excluding hydrogens is 484 g/mol. The molecule has 2 aromatic heterocycles. The van der Waals surface area contributed by atoms with Gasteiger partial charge in [0.1, 0.15) is 0 Å². The van der Waals surface area contributed by atoms with Crippen LogP contribution in [0.4, 0.5) is 11.4 Å². The van der Waals surface area contributed by atoms with E-state index in [1.54, 1.807) is 42.3 Å². The van der Waals surface area contributed by atoms with E-state index in [9.17, 15) is 18.0 Å². The maximum Gasteiger partial charge on any atom is 0.269 e. The number of para-hydroxylation sites is 1. The molecule has 0 radical (unpaired) electrons. The predicted molar refractivity (Wildman–Crippen MR) is 138 cm³/mol. The molecule has 35 heavy (non-hydrogen) atoms. The number of pyridine rings is 1. The molecule has 8 nitrogen and oxygen atoms in total. The zero-order valence-electron chi connectivity index (χ0n) is 19.0. The summed E-state index contributed by atoms with van der Waals surface area (Å²) in [4.78, 5) is 32.9. The second kappa shape index (κ2) is 9.20. The van der Waals surface area contributed by atoms with E-state index in [1.807, 2.05) is 28.5 Å². The largest absolute Gasteiger partial charge is 0.388 e. The number of rotatable bonds is 5. The molecule has 1 aliphatic rings. The molecule has 180 valence electrons. The van der Waals surface area contributed by atoms with Crippen LogP contribution < -0.4 is 15.8 Å². The van der Waals surface area contributed by atoms with Crippen LogP contribution in [0.1, 0.15) is 9.67 Å². The van der Waals surface area contributed by atoms with Gasteiger partial charge in [-0.3, -0.25) is 9.59 Å². The molecule has 0 aliphatic carbocycles.